The Bertz CT molecular complexity index is 172. The van der Waals surface area contributed by atoms with Gasteiger partial charge in [-0.25, -0.2) is 0 Å². The lowest BCUT2D eigenvalue weighted by Crippen LogP contribution is -2.47. The van der Waals surface area contributed by atoms with Gasteiger partial charge >= 0.3 is 0 Å². The van der Waals surface area contributed by atoms with Gasteiger partial charge in [-0.2, -0.15) is 0 Å². The molecule has 1 saturated heterocycles. The van der Waals surface area contributed by atoms with Gasteiger partial charge in [0.15, 0.2) is 0 Å². The summed E-state index contributed by atoms with van der Waals surface area (Å²) in [5.41, 5.74) is 5.35. The molecule has 2 unspecified atom stereocenters. The first kappa shape index (κ1) is 16.1. The quantitative estimate of drug-likeness (QED) is 0.713. The molecule has 0 radical (unpaired) electrons. The van der Waals surface area contributed by atoms with Crippen molar-refractivity contribution in [3.63, 3.8) is 0 Å². The summed E-state index contributed by atoms with van der Waals surface area (Å²) in [6, 6.07) is 0. The SMILES string of the molecule is CCC1CN(CCOCCN)CC(C)O1.Cl. The molecule has 2 N–H and O–H groups in total. The van der Waals surface area contributed by atoms with Gasteiger partial charge in [-0.1, -0.05) is 6.92 Å². The Morgan fingerprint density at radius 1 is 1.38 bits per heavy atom. The molecule has 98 valence electrons. The smallest absolute Gasteiger partial charge is 0.0703 e. The monoisotopic (exact) mass is 252 g/mol. The number of ether oxygens (including phenoxy) is 2. The van der Waals surface area contributed by atoms with Crippen molar-refractivity contribution in [1.29, 1.82) is 0 Å². The minimum Gasteiger partial charge on any atom is -0.379 e. The van der Waals surface area contributed by atoms with Crippen molar-refractivity contribution in [1.82, 2.24) is 4.90 Å². The molecule has 0 bridgehead atoms. The van der Waals surface area contributed by atoms with Gasteiger partial charge in [-0.05, 0) is 13.3 Å². The number of nitrogens with two attached hydrogens (primary N) is 1. The Kier molecular flexibility index (Phi) is 9.26. The molecule has 16 heavy (non-hydrogen) atoms. The van der Waals surface area contributed by atoms with Crippen LogP contribution in [-0.4, -0.2) is 56.5 Å². The number of nitrogens with zero attached hydrogens (tertiary/aromatic N) is 1. The van der Waals surface area contributed by atoms with Crippen LogP contribution in [0.15, 0.2) is 0 Å². The molecule has 2 atom stereocenters. The molecule has 1 aliphatic heterocycles. The highest BCUT2D eigenvalue weighted by atomic mass is 35.5. The average molecular weight is 253 g/mol. The summed E-state index contributed by atoms with van der Waals surface area (Å²) in [5.74, 6) is 0. The zero-order valence-electron chi connectivity index (χ0n) is 10.4. The summed E-state index contributed by atoms with van der Waals surface area (Å²) in [5, 5.41) is 0. The van der Waals surface area contributed by atoms with Gasteiger partial charge in [0.2, 0.25) is 0 Å². The van der Waals surface area contributed by atoms with Gasteiger partial charge in [0.05, 0.1) is 25.4 Å². The second-order valence-corrected chi connectivity index (χ2v) is 4.14. The molecule has 0 aromatic heterocycles. The van der Waals surface area contributed by atoms with Gasteiger partial charge in [-0.3, -0.25) is 4.90 Å². The maximum atomic E-state index is 5.79. The standard InChI is InChI=1S/C11H24N2O2.ClH/c1-3-11-9-13(8-10(2)15-11)5-7-14-6-4-12;/h10-11H,3-9,12H2,1-2H3;1H. The molecule has 0 spiro atoms. The van der Waals surface area contributed by atoms with Crippen molar-refractivity contribution in [3.8, 4) is 0 Å². The first-order valence-corrected chi connectivity index (χ1v) is 5.91. The number of halogens is 1. The van der Waals surface area contributed by atoms with Crippen LogP contribution in [0.2, 0.25) is 0 Å². The lowest BCUT2D eigenvalue weighted by Gasteiger charge is -2.36. The normalized spacial score (nSPS) is 26.4. The van der Waals surface area contributed by atoms with E-state index in [1.165, 1.54) is 0 Å². The molecule has 5 heteroatoms. The van der Waals surface area contributed by atoms with Crippen molar-refractivity contribution in [2.45, 2.75) is 32.5 Å². The van der Waals surface area contributed by atoms with Crippen LogP contribution in [0.3, 0.4) is 0 Å². The molecule has 0 saturated carbocycles. The van der Waals surface area contributed by atoms with Crippen LogP contribution in [-0.2, 0) is 9.47 Å². The fraction of sp³-hybridized carbons (Fsp3) is 1.00. The largest absolute Gasteiger partial charge is 0.379 e. The Labute approximate surface area is 105 Å². The van der Waals surface area contributed by atoms with Crippen LogP contribution >= 0.6 is 12.4 Å². The molecule has 1 fully saturated rings. The summed E-state index contributed by atoms with van der Waals surface area (Å²) in [6.45, 7) is 9.40. The average Bonchev–Trinajstić information content (AvgIpc) is 2.23. The van der Waals surface area contributed by atoms with E-state index in [0.29, 0.717) is 25.4 Å². The minimum atomic E-state index is 0. The van der Waals surface area contributed by atoms with Crippen molar-refractivity contribution in [3.05, 3.63) is 0 Å². The van der Waals surface area contributed by atoms with Gasteiger partial charge in [-0.15, -0.1) is 12.4 Å². The van der Waals surface area contributed by atoms with E-state index in [1.54, 1.807) is 0 Å². The highest BCUT2D eigenvalue weighted by Gasteiger charge is 2.23. The number of rotatable bonds is 6. The third kappa shape index (κ3) is 6.01. The zero-order chi connectivity index (χ0) is 11.1. The molecular weight excluding hydrogens is 228 g/mol. The number of hydrogen-bond acceptors (Lipinski definition) is 4. The van der Waals surface area contributed by atoms with Crippen molar-refractivity contribution in [2.75, 3.05) is 39.4 Å². The summed E-state index contributed by atoms with van der Waals surface area (Å²) in [4.78, 5) is 2.42. The number of morpholine rings is 1. The summed E-state index contributed by atoms with van der Waals surface area (Å²) >= 11 is 0. The van der Waals surface area contributed by atoms with Crippen LogP contribution in [0, 0.1) is 0 Å². The fourth-order valence-electron chi connectivity index (χ4n) is 1.93. The molecule has 4 nitrogen and oxygen atoms in total. The maximum Gasteiger partial charge on any atom is 0.0703 e. The van der Waals surface area contributed by atoms with E-state index in [-0.39, 0.29) is 12.4 Å². The Morgan fingerprint density at radius 2 is 2.12 bits per heavy atom. The van der Waals surface area contributed by atoms with Crippen molar-refractivity contribution in [2.24, 2.45) is 5.73 Å². The number of hydrogen-bond donors (Lipinski definition) is 1. The Morgan fingerprint density at radius 3 is 2.75 bits per heavy atom. The van der Waals surface area contributed by atoms with Crippen LogP contribution < -0.4 is 5.73 Å². The summed E-state index contributed by atoms with van der Waals surface area (Å²) < 4.78 is 11.2. The lowest BCUT2D eigenvalue weighted by molar-refractivity contribution is -0.0820. The van der Waals surface area contributed by atoms with E-state index in [9.17, 15) is 0 Å². The predicted molar refractivity (Wildman–Crippen MR) is 68.2 cm³/mol. The fourth-order valence-corrected chi connectivity index (χ4v) is 1.93. The molecule has 0 aromatic carbocycles. The minimum absolute atomic E-state index is 0. The highest BCUT2D eigenvalue weighted by molar-refractivity contribution is 5.85. The van der Waals surface area contributed by atoms with E-state index in [2.05, 4.69) is 18.7 Å². The first-order valence-electron chi connectivity index (χ1n) is 5.91. The molecule has 1 heterocycles. The maximum absolute atomic E-state index is 5.79. The molecule has 0 aromatic rings. The second-order valence-electron chi connectivity index (χ2n) is 4.14. The van der Waals surface area contributed by atoms with E-state index in [4.69, 9.17) is 15.2 Å². The Balaban J connectivity index is 0.00000225. The van der Waals surface area contributed by atoms with E-state index >= 15 is 0 Å². The van der Waals surface area contributed by atoms with Crippen molar-refractivity contribution >= 4 is 12.4 Å². The first-order chi connectivity index (χ1) is 7.26. The molecule has 0 aliphatic carbocycles. The topological polar surface area (TPSA) is 47.7 Å². The third-order valence-corrected chi connectivity index (χ3v) is 2.67. The van der Waals surface area contributed by atoms with Crippen LogP contribution in [0.5, 0.6) is 0 Å². The molecular formula is C11H25ClN2O2. The predicted octanol–water partition coefficient (Wildman–Crippen LogP) is 0.883. The zero-order valence-corrected chi connectivity index (χ0v) is 11.2. The molecule has 1 aliphatic rings. The second kappa shape index (κ2) is 9.19. The van der Waals surface area contributed by atoms with Crippen LogP contribution in [0.4, 0.5) is 0 Å². The molecule has 1 rings (SSSR count). The van der Waals surface area contributed by atoms with Gasteiger partial charge in [0.1, 0.15) is 0 Å². The highest BCUT2D eigenvalue weighted by Crippen LogP contribution is 2.12. The van der Waals surface area contributed by atoms with E-state index in [0.717, 1.165) is 32.7 Å². The van der Waals surface area contributed by atoms with Gasteiger partial charge in [0, 0.05) is 26.2 Å². The third-order valence-electron chi connectivity index (χ3n) is 2.67. The molecule has 0 amide bonds. The van der Waals surface area contributed by atoms with Crippen molar-refractivity contribution < 1.29 is 9.47 Å². The Hall–Kier alpha value is 0.130. The summed E-state index contributed by atoms with van der Waals surface area (Å²) in [7, 11) is 0. The summed E-state index contributed by atoms with van der Waals surface area (Å²) in [6.07, 6.45) is 1.83. The van der Waals surface area contributed by atoms with E-state index < -0.39 is 0 Å². The van der Waals surface area contributed by atoms with Gasteiger partial charge in [0.25, 0.3) is 0 Å². The van der Waals surface area contributed by atoms with Crippen LogP contribution in [0.1, 0.15) is 20.3 Å². The van der Waals surface area contributed by atoms with Crippen LogP contribution in [0.25, 0.3) is 0 Å². The van der Waals surface area contributed by atoms with E-state index in [1.807, 2.05) is 0 Å². The van der Waals surface area contributed by atoms with Gasteiger partial charge < -0.3 is 15.2 Å². The lowest BCUT2D eigenvalue weighted by atomic mass is 10.2.